The Kier molecular flexibility index (Phi) is 6.30. The predicted octanol–water partition coefficient (Wildman–Crippen LogP) is 5.88. The molecule has 0 bridgehead atoms. The summed E-state index contributed by atoms with van der Waals surface area (Å²) in [4.78, 5) is 0. The molecule has 1 aliphatic carbocycles. The van der Waals surface area contributed by atoms with Crippen molar-refractivity contribution in [3.05, 3.63) is 72.6 Å². The molecule has 1 aliphatic rings. The molecule has 0 N–H and O–H groups in total. The van der Waals surface area contributed by atoms with E-state index in [1.54, 1.807) is 23.9 Å². The first-order valence-corrected chi connectivity index (χ1v) is 10.9. The second-order valence-electron chi connectivity index (χ2n) is 7.17. The van der Waals surface area contributed by atoms with Gasteiger partial charge in [0.2, 0.25) is 0 Å². The molecule has 6 heteroatoms. The van der Waals surface area contributed by atoms with E-state index in [-0.39, 0.29) is 5.82 Å². The van der Waals surface area contributed by atoms with Crippen molar-refractivity contribution in [2.45, 2.75) is 49.2 Å². The normalized spacial score (nSPS) is 14.2. The van der Waals surface area contributed by atoms with Gasteiger partial charge in [0, 0.05) is 17.9 Å². The van der Waals surface area contributed by atoms with E-state index in [0.29, 0.717) is 18.4 Å². The zero-order valence-electron chi connectivity index (χ0n) is 16.3. The first-order chi connectivity index (χ1) is 14.2. The summed E-state index contributed by atoms with van der Waals surface area (Å²) in [5, 5.41) is 9.60. The number of halogens is 1. The summed E-state index contributed by atoms with van der Waals surface area (Å²) in [6.45, 7) is 4.48. The molecule has 150 valence electrons. The van der Waals surface area contributed by atoms with Gasteiger partial charge in [0.05, 0.1) is 6.10 Å². The Hall–Kier alpha value is -2.60. The minimum Gasteiger partial charge on any atom is -0.490 e. The van der Waals surface area contributed by atoms with Gasteiger partial charge in [-0.15, -0.1) is 16.8 Å². The summed E-state index contributed by atoms with van der Waals surface area (Å²) >= 11 is 1.58. The van der Waals surface area contributed by atoms with E-state index in [1.165, 1.54) is 25.0 Å². The topological polar surface area (TPSA) is 39.9 Å². The Morgan fingerprint density at radius 1 is 1.07 bits per heavy atom. The Morgan fingerprint density at radius 3 is 2.48 bits per heavy atom. The number of rotatable bonds is 8. The number of aromatic nitrogens is 3. The van der Waals surface area contributed by atoms with E-state index in [0.717, 1.165) is 40.7 Å². The zero-order chi connectivity index (χ0) is 20.1. The number of ether oxygens (including phenoxy) is 1. The summed E-state index contributed by atoms with van der Waals surface area (Å²) in [6.07, 6.45) is 6.98. The first kappa shape index (κ1) is 19.7. The molecular weight excluding hydrogens is 385 g/mol. The van der Waals surface area contributed by atoms with Gasteiger partial charge in [0.1, 0.15) is 11.6 Å². The third-order valence-electron chi connectivity index (χ3n) is 5.03. The number of hydrogen-bond donors (Lipinski definition) is 0. The number of thioether (sulfide) groups is 1. The van der Waals surface area contributed by atoms with E-state index in [1.807, 2.05) is 34.9 Å². The van der Waals surface area contributed by atoms with E-state index in [2.05, 4.69) is 16.8 Å². The quantitative estimate of drug-likeness (QED) is 0.344. The lowest BCUT2D eigenvalue weighted by atomic mass is 10.2. The molecule has 0 radical (unpaired) electrons. The van der Waals surface area contributed by atoms with Crippen LogP contribution in [0, 0.1) is 5.82 Å². The zero-order valence-corrected chi connectivity index (χ0v) is 17.1. The highest BCUT2D eigenvalue weighted by molar-refractivity contribution is 7.98. The van der Waals surface area contributed by atoms with Crippen LogP contribution < -0.4 is 4.74 Å². The largest absolute Gasteiger partial charge is 0.490 e. The highest BCUT2D eigenvalue weighted by Crippen LogP contribution is 2.29. The molecule has 0 aliphatic heterocycles. The van der Waals surface area contributed by atoms with Gasteiger partial charge in [-0.25, -0.2) is 4.39 Å². The van der Waals surface area contributed by atoms with E-state index in [4.69, 9.17) is 4.74 Å². The van der Waals surface area contributed by atoms with Gasteiger partial charge in [0.15, 0.2) is 11.0 Å². The first-order valence-electron chi connectivity index (χ1n) is 9.91. The number of nitrogens with zero attached hydrogens (tertiary/aromatic N) is 3. The molecule has 0 amide bonds. The maximum Gasteiger partial charge on any atom is 0.192 e. The van der Waals surface area contributed by atoms with Crippen molar-refractivity contribution in [2.24, 2.45) is 0 Å². The second-order valence-corrected chi connectivity index (χ2v) is 8.11. The summed E-state index contributed by atoms with van der Waals surface area (Å²) < 4.78 is 21.2. The average Bonchev–Trinajstić information content (AvgIpc) is 3.39. The van der Waals surface area contributed by atoms with Crippen LogP contribution >= 0.6 is 11.8 Å². The lowest BCUT2D eigenvalue weighted by Gasteiger charge is -2.13. The fourth-order valence-corrected chi connectivity index (χ4v) is 4.42. The van der Waals surface area contributed by atoms with Crippen LogP contribution in [0.25, 0.3) is 11.4 Å². The van der Waals surface area contributed by atoms with Gasteiger partial charge in [-0.05, 0) is 67.6 Å². The van der Waals surface area contributed by atoms with Crippen molar-refractivity contribution >= 4 is 11.8 Å². The molecule has 2 aromatic carbocycles. The summed E-state index contributed by atoms with van der Waals surface area (Å²) in [5.41, 5.74) is 2.03. The van der Waals surface area contributed by atoms with Crippen molar-refractivity contribution < 1.29 is 9.13 Å². The number of allylic oxidation sites excluding steroid dienone is 1. The van der Waals surface area contributed by atoms with Crippen molar-refractivity contribution in [1.29, 1.82) is 0 Å². The minimum atomic E-state index is -0.226. The number of benzene rings is 2. The van der Waals surface area contributed by atoms with Gasteiger partial charge in [-0.2, -0.15) is 0 Å². The molecule has 3 aromatic rings. The third kappa shape index (κ3) is 4.88. The second kappa shape index (κ2) is 9.27. The molecule has 0 atom stereocenters. The lowest BCUT2D eigenvalue weighted by Crippen LogP contribution is -2.10. The van der Waals surface area contributed by atoms with Gasteiger partial charge in [-0.3, -0.25) is 4.57 Å². The van der Waals surface area contributed by atoms with Crippen LogP contribution in [-0.2, 0) is 12.3 Å². The fraction of sp³-hybridized carbons (Fsp3) is 0.304. The van der Waals surface area contributed by atoms with Crippen molar-refractivity contribution in [3.63, 3.8) is 0 Å². The molecule has 1 aromatic heterocycles. The van der Waals surface area contributed by atoms with Gasteiger partial charge in [-0.1, -0.05) is 30.0 Å². The molecule has 4 rings (SSSR count). The van der Waals surface area contributed by atoms with Gasteiger partial charge in [0.25, 0.3) is 0 Å². The van der Waals surface area contributed by atoms with E-state index in [9.17, 15) is 4.39 Å². The highest BCUT2D eigenvalue weighted by Gasteiger charge is 2.17. The SMILES string of the molecule is C=CCn1c(SCc2ccc(F)cc2)nnc1-c1ccc(OC2CCCC2)cc1. The maximum absolute atomic E-state index is 13.1. The summed E-state index contributed by atoms with van der Waals surface area (Å²) in [6, 6.07) is 14.6. The summed E-state index contributed by atoms with van der Waals surface area (Å²) in [5.74, 6) is 2.18. The molecule has 0 spiro atoms. The molecule has 0 saturated heterocycles. The summed E-state index contributed by atoms with van der Waals surface area (Å²) in [7, 11) is 0. The molecule has 1 fully saturated rings. The van der Waals surface area contributed by atoms with Crippen LogP contribution in [0.5, 0.6) is 5.75 Å². The molecule has 29 heavy (non-hydrogen) atoms. The molecule has 1 saturated carbocycles. The van der Waals surface area contributed by atoms with Crippen LogP contribution in [0.3, 0.4) is 0 Å². The molecule has 0 unspecified atom stereocenters. The van der Waals surface area contributed by atoms with Crippen molar-refractivity contribution in [1.82, 2.24) is 14.8 Å². The molecular formula is C23H24FN3OS. The van der Waals surface area contributed by atoms with E-state index < -0.39 is 0 Å². The minimum absolute atomic E-state index is 0.226. The van der Waals surface area contributed by atoms with Crippen molar-refractivity contribution in [2.75, 3.05) is 0 Å². The van der Waals surface area contributed by atoms with Crippen LogP contribution in [-0.4, -0.2) is 20.9 Å². The predicted molar refractivity (Wildman–Crippen MR) is 115 cm³/mol. The Bertz CT molecular complexity index is 947. The Labute approximate surface area is 174 Å². The third-order valence-corrected chi connectivity index (χ3v) is 6.07. The fourth-order valence-electron chi connectivity index (χ4n) is 3.51. The van der Waals surface area contributed by atoms with Crippen LogP contribution in [0.1, 0.15) is 31.2 Å². The van der Waals surface area contributed by atoms with Crippen LogP contribution in [0.15, 0.2) is 66.3 Å². The highest BCUT2D eigenvalue weighted by atomic mass is 32.2. The van der Waals surface area contributed by atoms with Crippen LogP contribution in [0.2, 0.25) is 0 Å². The average molecular weight is 410 g/mol. The van der Waals surface area contributed by atoms with Gasteiger partial charge < -0.3 is 4.74 Å². The lowest BCUT2D eigenvalue weighted by molar-refractivity contribution is 0.210. The van der Waals surface area contributed by atoms with Crippen molar-refractivity contribution in [3.8, 4) is 17.1 Å². The Balaban J connectivity index is 1.49. The number of hydrogen-bond acceptors (Lipinski definition) is 4. The molecule has 1 heterocycles. The van der Waals surface area contributed by atoms with Crippen LogP contribution in [0.4, 0.5) is 4.39 Å². The van der Waals surface area contributed by atoms with E-state index >= 15 is 0 Å². The Morgan fingerprint density at radius 2 is 1.79 bits per heavy atom. The van der Waals surface area contributed by atoms with Gasteiger partial charge >= 0.3 is 0 Å². The monoisotopic (exact) mass is 409 g/mol. The standard InChI is InChI=1S/C23H24FN3OS/c1-2-15-27-22(18-9-13-21(14-10-18)28-20-5-3-4-6-20)25-26-23(27)29-16-17-7-11-19(24)12-8-17/h2,7-14,20H,1,3-6,15-16H2. The molecule has 4 nitrogen and oxygen atoms in total. The smallest absolute Gasteiger partial charge is 0.192 e. The maximum atomic E-state index is 13.1.